The summed E-state index contributed by atoms with van der Waals surface area (Å²) in [5.41, 5.74) is 0. The first-order valence-corrected chi connectivity index (χ1v) is 4.38. The van der Waals surface area contributed by atoms with Gasteiger partial charge in [-0.15, -0.1) is 0 Å². The highest BCUT2D eigenvalue weighted by atomic mass is 19.4. The van der Waals surface area contributed by atoms with Gasteiger partial charge < -0.3 is 15.2 Å². The molecule has 0 bridgehead atoms. The summed E-state index contributed by atoms with van der Waals surface area (Å²) < 4.78 is 40.9. The van der Waals surface area contributed by atoms with E-state index in [-0.39, 0.29) is 26.4 Å². The van der Waals surface area contributed by atoms with Crippen LogP contribution in [-0.4, -0.2) is 44.2 Å². The molecule has 0 aliphatic carbocycles. The number of nitriles is 1. The van der Waals surface area contributed by atoms with Gasteiger partial charge >= 0.3 is 6.18 Å². The van der Waals surface area contributed by atoms with Crippen molar-refractivity contribution in [2.24, 2.45) is 5.92 Å². The average molecular weight is 226 g/mol. The number of halogens is 3. The van der Waals surface area contributed by atoms with Crippen LogP contribution in [0.2, 0.25) is 0 Å². The van der Waals surface area contributed by atoms with Gasteiger partial charge in [0, 0.05) is 13.1 Å². The standard InChI is InChI=1S/C8H13F3N2O2/c9-8(10,11)7(5-12)6-13-1-3-15-4-2-14/h7,13-14H,1-4,6H2. The molecule has 0 radical (unpaired) electrons. The minimum atomic E-state index is -4.49. The van der Waals surface area contributed by atoms with Crippen molar-refractivity contribution in [1.29, 1.82) is 5.26 Å². The fraction of sp³-hybridized carbons (Fsp3) is 0.875. The highest BCUT2D eigenvalue weighted by molar-refractivity contribution is 4.89. The fourth-order valence-electron chi connectivity index (χ4n) is 0.792. The average Bonchev–Trinajstić information content (AvgIpc) is 2.15. The Morgan fingerprint density at radius 1 is 1.40 bits per heavy atom. The van der Waals surface area contributed by atoms with E-state index in [9.17, 15) is 13.2 Å². The number of nitrogens with one attached hydrogen (secondary N) is 1. The minimum absolute atomic E-state index is 0.122. The van der Waals surface area contributed by atoms with E-state index in [1.807, 2.05) is 0 Å². The summed E-state index contributed by atoms with van der Waals surface area (Å²) in [7, 11) is 0. The molecule has 0 aliphatic rings. The summed E-state index contributed by atoms with van der Waals surface area (Å²) in [6, 6.07) is 1.18. The summed E-state index contributed by atoms with van der Waals surface area (Å²) in [4.78, 5) is 0. The van der Waals surface area contributed by atoms with Gasteiger partial charge in [0.05, 0.1) is 25.9 Å². The molecule has 0 saturated heterocycles. The van der Waals surface area contributed by atoms with Gasteiger partial charge in [-0.1, -0.05) is 0 Å². The quantitative estimate of drug-likeness (QED) is 0.612. The lowest BCUT2D eigenvalue weighted by molar-refractivity contribution is -0.157. The van der Waals surface area contributed by atoms with Crippen molar-refractivity contribution in [3.8, 4) is 6.07 Å². The second kappa shape index (κ2) is 7.45. The van der Waals surface area contributed by atoms with Crippen LogP contribution in [0.1, 0.15) is 0 Å². The van der Waals surface area contributed by atoms with E-state index in [0.717, 1.165) is 0 Å². The van der Waals surface area contributed by atoms with Crippen molar-refractivity contribution in [3.63, 3.8) is 0 Å². The van der Waals surface area contributed by atoms with Crippen molar-refractivity contribution in [1.82, 2.24) is 5.32 Å². The van der Waals surface area contributed by atoms with Gasteiger partial charge in [-0.2, -0.15) is 18.4 Å². The van der Waals surface area contributed by atoms with E-state index in [1.54, 1.807) is 0 Å². The van der Waals surface area contributed by atoms with Gasteiger partial charge in [-0.3, -0.25) is 0 Å². The summed E-state index contributed by atoms with van der Waals surface area (Å²) in [5, 5.41) is 19.0. The van der Waals surface area contributed by atoms with E-state index in [0.29, 0.717) is 0 Å². The molecule has 0 saturated carbocycles. The van der Waals surface area contributed by atoms with Crippen molar-refractivity contribution in [2.75, 3.05) is 32.9 Å². The Morgan fingerprint density at radius 3 is 2.53 bits per heavy atom. The maximum absolute atomic E-state index is 12.0. The Morgan fingerprint density at radius 2 is 2.07 bits per heavy atom. The zero-order valence-corrected chi connectivity index (χ0v) is 8.05. The van der Waals surface area contributed by atoms with E-state index >= 15 is 0 Å². The van der Waals surface area contributed by atoms with E-state index in [4.69, 9.17) is 15.1 Å². The van der Waals surface area contributed by atoms with Crippen LogP contribution >= 0.6 is 0 Å². The highest BCUT2D eigenvalue weighted by Gasteiger charge is 2.39. The molecule has 2 N–H and O–H groups in total. The molecule has 0 aromatic carbocycles. The van der Waals surface area contributed by atoms with Crippen LogP contribution in [0.25, 0.3) is 0 Å². The van der Waals surface area contributed by atoms with E-state index < -0.39 is 18.6 Å². The van der Waals surface area contributed by atoms with Crippen LogP contribution in [-0.2, 0) is 4.74 Å². The zero-order chi connectivity index (χ0) is 11.7. The van der Waals surface area contributed by atoms with Crippen LogP contribution in [0.15, 0.2) is 0 Å². The van der Waals surface area contributed by atoms with Gasteiger partial charge in [0.2, 0.25) is 0 Å². The molecule has 0 aliphatic heterocycles. The maximum Gasteiger partial charge on any atom is 0.405 e. The number of nitrogens with zero attached hydrogens (tertiary/aromatic N) is 1. The molecule has 0 heterocycles. The van der Waals surface area contributed by atoms with Crippen LogP contribution in [0.5, 0.6) is 0 Å². The van der Waals surface area contributed by atoms with Gasteiger partial charge in [0.1, 0.15) is 0 Å². The van der Waals surface area contributed by atoms with E-state index in [1.165, 1.54) is 6.07 Å². The molecular weight excluding hydrogens is 213 g/mol. The molecule has 4 nitrogen and oxygen atoms in total. The molecule has 88 valence electrons. The van der Waals surface area contributed by atoms with Gasteiger partial charge in [0.15, 0.2) is 5.92 Å². The highest BCUT2D eigenvalue weighted by Crippen LogP contribution is 2.24. The number of hydrogen-bond acceptors (Lipinski definition) is 4. The number of aliphatic hydroxyl groups is 1. The third-order valence-corrected chi connectivity index (χ3v) is 1.56. The molecule has 0 rings (SSSR count). The number of alkyl halides is 3. The van der Waals surface area contributed by atoms with Crippen LogP contribution < -0.4 is 5.32 Å². The molecule has 0 amide bonds. The Balaban J connectivity index is 3.53. The van der Waals surface area contributed by atoms with Gasteiger partial charge in [0.25, 0.3) is 0 Å². The van der Waals surface area contributed by atoms with Crippen LogP contribution in [0.4, 0.5) is 13.2 Å². The Hall–Kier alpha value is -0.840. The Kier molecular flexibility index (Phi) is 7.03. The second-order valence-electron chi connectivity index (χ2n) is 2.76. The first-order valence-electron chi connectivity index (χ1n) is 4.38. The normalized spacial score (nSPS) is 13.5. The number of ether oxygens (including phenoxy) is 1. The van der Waals surface area contributed by atoms with Crippen molar-refractivity contribution in [3.05, 3.63) is 0 Å². The molecule has 15 heavy (non-hydrogen) atoms. The minimum Gasteiger partial charge on any atom is -0.394 e. The molecule has 0 fully saturated rings. The number of aliphatic hydroxyl groups excluding tert-OH is 1. The van der Waals surface area contributed by atoms with E-state index in [2.05, 4.69) is 5.32 Å². The molecule has 1 unspecified atom stereocenters. The first-order chi connectivity index (χ1) is 7.02. The first kappa shape index (κ1) is 14.2. The largest absolute Gasteiger partial charge is 0.405 e. The van der Waals surface area contributed by atoms with Gasteiger partial charge in [-0.05, 0) is 0 Å². The Labute approximate surface area is 85.6 Å². The van der Waals surface area contributed by atoms with Gasteiger partial charge in [-0.25, -0.2) is 0 Å². The lowest BCUT2D eigenvalue weighted by Gasteiger charge is -2.13. The summed E-state index contributed by atoms with van der Waals surface area (Å²) in [6.07, 6.45) is -4.49. The number of hydrogen-bond donors (Lipinski definition) is 2. The van der Waals surface area contributed by atoms with Crippen molar-refractivity contribution in [2.45, 2.75) is 6.18 Å². The van der Waals surface area contributed by atoms with Crippen molar-refractivity contribution < 1.29 is 23.0 Å². The molecular formula is C8H13F3N2O2. The lowest BCUT2D eigenvalue weighted by atomic mass is 10.1. The molecule has 0 spiro atoms. The third-order valence-electron chi connectivity index (χ3n) is 1.56. The van der Waals surface area contributed by atoms with Crippen LogP contribution in [0.3, 0.4) is 0 Å². The smallest absolute Gasteiger partial charge is 0.394 e. The monoisotopic (exact) mass is 226 g/mol. The second-order valence-corrected chi connectivity index (χ2v) is 2.76. The summed E-state index contributed by atoms with van der Waals surface area (Å²) in [5.74, 6) is -1.99. The Bertz CT molecular complexity index is 203. The predicted octanol–water partition coefficient (Wildman–Crippen LogP) is 0.287. The SMILES string of the molecule is N#CC(CNCCOCCO)C(F)(F)F. The number of rotatable bonds is 7. The van der Waals surface area contributed by atoms with Crippen LogP contribution in [0, 0.1) is 17.2 Å². The molecule has 0 aromatic heterocycles. The zero-order valence-electron chi connectivity index (χ0n) is 8.05. The van der Waals surface area contributed by atoms with Crippen molar-refractivity contribution >= 4 is 0 Å². The molecule has 0 aromatic rings. The summed E-state index contributed by atoms with van der Waals surface area (Å²) >= 11 is 0. The predicted molar refractivity (Wildman–Crippen MR) is 45.9 cm³/mol. The fourth-order valence-corrected chi connectivity index (χ4v) is 0.792. The molecule has 1 atom stereocenters. The molecule has 7 heteroatoms. The summed E-state index contributed by atoms with van der Waals surface area (Å²) in [6.45, 7) is 0.0132. The maximum atomic E-state index is 12.0. The third kappa shape index (κ3) is 7.13. The lowest BCUT2D eigenvalue weighted by Crippen LogP contribution is -2.34. The topological polar surface area (TPSA) is 65.3 Å².